The fourth-order valence-electron chi connectivity index (χ4n) is 2.92. The third-order valence-electron chi connectivity index (χ3n) is 4.40. The fraction of sp³-hybridized carbons (Fsp3) is 0.556. The summed E-state index contributed by atoms with van der Waals surface area (Å²) in [6.45, 7) is 7.59. The quantitative estimate of drug-likeness (QED) is 0.840. The Morgan fingerprint density at radius 1 is 1.29 bits per heavy atom. The van der Waals surface area contributed by atoms with Crippen molar-refractivity contribution in [2.45, 2.75) is 45.8 Å². The van der Waals surface area contributed by atoms with Crippen LogP contribution < -0.4 is 5.32 Å². The van der Waals surface area contributed by atoms with Crippen molar-refractivity contribution < 1.29 is 4.42 Å². The van der Waals surface area contributed by atoms with E-state index in [1.165, 1.54) is 30.3 Å². The van der Waals surface area contributed by atoms with Gasteiger partial charge >= 0.3 is 0 Å². The topological polar surface area (TPSA) is 28.4 Å². The lowest BCUT2D eigenvalue weighted by Gasteiger charge is -2.26. The lowest BCUT2D eigenvalue weighted by Crippen LogP contribution is -2.32. The number of nitrogens with zero attached hydrogens (tertiary/aromatic N) is 1. The van der Waals surface area contributed by atoms with Crippen molar-refractivity contribution in [3.05, 3.63) is 35.6 Å². The molecule has 0 saturated heterocycles. The maximum Gasteiger partial charge on any atom is 0.134 e. The van der Waals surface area contributed by atoms with E-state index in [-0.39, 0.29) is 0 Å². The second kappa shape index (κ2) is 6.20. The molecular formula is C18H26N2O. The van der Waals surface area contributed by atoms with Crippen LogP contribution in [0.15, 0.2) is 28.7 Å². The molecule has 0 bridgehead atoms. The molecule has 0 amide bonds. The van der Waals surface area contributed by atoms with Crippen molar-refractivity contribution >= 4 is 11.0 Å². The Labute approximate surface area is 127 Å². The van der Waals surface area contributed by atoms with E-state index >= 15 is 0 Å². The van der Waals surface area contributed by atoms with Gasteiger partial charge in [0.25, 0.3) is 0 Å². The number of nitrogens with one attached hydrogen (secondary N) is 1. The zero-order chi connectivity index (χ0) is 14.8. The lowest BCUT2D eigenvalue weighted by molar-refractivity contribution is 0.203. The third kappa shape index (κ3) is 3.30. The maximum absolute atomic E-state index is 6.05. The van der Waals surface area contributed by atoms with E-state index in [9.17, 15) is 0 Å². The van der Waals surface area contributed by atoms with Crippen LogP contribution in [0.4, 0.5) is 0 Å². The second-order valence-corrected chi connectivity index (χ2v) is 6.50. The summed E-state index contributed by atoms with van der Waals surface area (Å²) in [4.78, 5) is 2.59. The normalized spacial score (nSPS) is 15.5. The van der Waals surface area contributed by atoms with E-state index in [1.54, 1.807) is 0 Å². The molecule has 3 nitrogen and oxygen atoms in total. The van der Waals surface area contributed by atoms with Crippen molar-refractivity contribution in [3.8, 4) is 0 Å². The molecular weight excluding hydrogens is 260 g/mol. The Hall–Kier alpha value is -1.32. The highest BCUT2D eigenvalue weighted by Gasteiger charge is 2.26. The minimum Gasteiger partial charge on any atom is -0.459 e. The average molecular weight is 286 g/mol. The van der Waals surface area contributed by atoms with Gasteiger partial charge in [-0.3, -0.25) is 4.90 Å². The van der Waals surface area contributed by atoms with Crippen molar-refractivity contribution in [3.63, 3.8) is 0 Å². The molecule has 1 saturated carbocycles. The molecule has 114 valence electrons. The number of furan rings is 1. The first kappa shape index (κ1) is 14.6. The molecule has 0 spiro atoms. The summed E-state index contributed by atoms with van der Waals surface area (Å²) in [6, 6.07) is 8.97. The summed E-state index contributed by atoms with van der Waals surface area (Å²) < 4.78 is 6.05. The molecule has 1 aliphatic carbocycles. The Kier molecular flexibility index (Phi) is 4.32. The number of hydrogen-bond acceptors (Lipinski definition) is 3. The Morgan fingerprint density at radius 3 is 2.71 bits per heavy atom. The highest BCUT2D eigenvalue weighted by atomic mass is 16.3. The highest BCUT2D eigenvalue weighted by molar-refractivity contribution is 5.82. The van der Waals surface area contributed by atoms with Gasteiger partial charge in [0.15, 0.2) is 0 Å². The largest absolute Gasteiger partial charge is 0.459 e. The first-order valence-corrected chi connectivity index (χ1v) is 8.07. The zero-order valence-electron chi connectivity index (χ0n) is 13.4. The van der Waals surface area contributed by atoms with Crippen molar-refractivity contribution in [2.75, 3.05) is 13.6 Å². The monoisotopic (exact) mass is 286 g/mol. The average Bonchev–Trinajstić information content (AvgIpc) is 3.21. The van der Waals surface area contributed by atoms with Crippen molar-refractivity contribution in [1.29, 1.82) is 0 Å². The number of para-hydroxylation sites is 1. The highest BCUT2D eigenvalue weighted by Crippen LogP contribution is 2.32. The standard InChI is InChI=1S/C18H26N2O/c1-13(2)20(11-14-8-9-14)12-16-15-6-4-5-7-17(15)21-18(16)10-19-3/h4-7,13-14,19H,8-12H2,1-3H3. The van der Waals surface area contributed by atoms with Crippen LogP contribution in [0.1, 0.15) is 38.0 Å². The smallest absolute Gasteiger partial charge is 0.134 e. The summed E-state index contributed by atoms with van der Waals surface area (Å²) >= 11 is 0. The molecule has 3 rings (SSSR count). The molecule has 0 atom stereocenters. The van der Waals surface area contributed by atoms with Gasteiger partial charge < -0.3 is 9.73 Å². The minimum absolute atomic E-state index is 0.571. The molecule has 0 radical (unpaired) electrons. The van der Waals surface area contributed by atoms with Gasteiger partial charge in [-0.25, -0.2) is 0 Å². The van der Waals surface area contributed by atoms with Gasteiger partial charge in [0.2, 0.25) is 0 Å². The van der Waals surface area contributed by atoms with E-state index in [1.807, 2.05) is 13.1 Å². The van der Waals surface area contributed by atoms with Crippen LogP contribution in [0.2, 0.25) is 0 Å². The molecule has 2 aromatic rings. The first-order valence-electron chi connectivity index (χ1n) is 8.07. The molecule has 1 fully saturated rings. The van der Waals surface area contributed by atoms with Gasteiger partial charge in [-0.1, -0.05) is 18.2 Å². The molecule has 3 heteroatoms. The van der Waals surface area contributed by atoms with E-state index in [0.717, 1.165) is 30.4 Å². The maximum atomic E-state index is 6.05. The van der Waals surface area contributed by atoms with E-state index in [2.05, 4.69) is 42.3 Å². The van der Waals surface area contributed by atoms with Gasteiger partial charge in [-0.15, -0.1) is 0 Å². The van der Waals surface area contributed by atoms with Crippen LogP contribution in [0.3, 0.4) is 0 Å². The van der Waals surface area contributed by atoms with Crippen molar-refractivity contribution in [1.82, 2.24) is 10.2 Å². The van der Waals surface area contributed by atoms with Crippen molar-refractivity contribution in [2.24, 2.45) is 5.92 Å². The van der Waals surface area contributed by atoms with E-state index < -0.39 is 0 Å². The zero-order valence-corrected chi connectivity index (χ0v) is 13.4. The molecule has 1 aliphatic rings. The molecule has 1 N–H and O–H groups in total. The van der Waals surface area contributed by atoms with Gasteiger partial charge in [0, 0.05) is 30.1 Å². The summed E-state index contributed by atoms with van der Waals surface area (Å²) in [5.74, 6) is 2.00. The molecule has 1 aromatic carbocycles. The van der Waals surface area contributed by atoms with Crippen LogP contribution in [0.5, 0.6) is 0 Å². The number of rotatable bonds is 7. The molecule has 1 heterocycles. The van der Waals surface area contributed by atoms with Gasteiger partial charge in [0.1, 0.15) is 11.3 Å². The molecule has 0 unspecified atom stereocenters. The minimum atomic E-state index is 0.571. The van der Waals surface area contributed by atoms with E-state index in [4.69, 9.17) is 4.42 Å². The predicted octanol–water partition coefficient (Wildman–Crippen LogP) is 3.77. The number of hydrogen-bond donors (Lipinski definition) is 1. The van der Waals surface area contributed by atoms with Crippen LogP contribution in [-0.2, 0) is 13.1 Å². The van der Waals surface area contributed by atoms with Crippen LogP contribution in [-0.4, -0.2) is 24.5 Å². The van der Waals surface area contributed by atoms with Gasteiger partial charge in [-0.2, -0.15) is 0 Å². The molecule has 0 aliphatic heterocycles. The first-order chi connectivity index (χ1) is 10.2. The summed E-state index contributed by atoms with van der Waals surface area (Å²) in [7, 11) is 1.97. The van der Waals surface area contributed by atoms with Crippen LogP contribution in [0, 0.1) is 5.92 Å². The Balaban J connectivity index is 1.90. The third-order valence-corrected chi connectivity index (χ3v) is 4.40. The molecule has 21 heavy (non-hydrogen) atoms. The fourth-order valence-corrected chi connectivity index (χ4v) is 2.92. The lowest BCUT2D eigenvalue weighted by atomic mass is 10.1. The Morgan fingerprint density at radius 2 is 2.05 bits per heavy atom. The van der Waals surface area contributed by atoms with Crippen LogP contribution in [0.25, 0.3) is 11.0 Å². The number of benzene rings is 1. The summed E-state index contributed by atoms with van der Waals surface area (Å²) in [6.07, 6.45) is 2.80. The molecule has 1 aromatic heterocycles. The summed E-state index contributed by atoms with van der Waals surface area (Å²) in [5.41, 5.74) is 2.36. The van der Waals surface area contributed by atoms with Gasteiger partial charge in [0.05, 0.1) is 6.54 Å². The SMILES string of the molecule is CNCc1oc2ccccc2c1CN(CC1CC1)C(C)C. The van der Waals surface area contributed by atoms with Crippen LogP contribution >= 0.6 is 0 Å². The predicted molar refractivity (Wildman–Crippen MR) is 87.2 cm³/mol. The van der Waals surface area contributed by atoms with E-state index in [0.29, 0.717) is 6.04 Å². The number of fused-ring (bicyclic) bond motifs is 1. The Bertz CT molecular complexity index is 598. The second-order valence-electron chi connectivity index (χ2n) is 6.50. The summed E-state index contributed by atoms with van der Waals surface area (Å²) in [5, 5.41) is 4.50. The van der Waals surface area contributed by atoms with Gasteiger partial charge in [-0.05, 0) is 45.7 Å².